The third kappa shape index (κ3) is 1.95. The van der Waals surface area contributed by atoms with Crippen molar-refractivity contribution in [3.05, 3.63) is 41.0 Å². The Balaban J connectivity index is 2.75. The average molecular weight is 335 g/mol. The number of fused-ring (bicyclic) bond motifs is 1. The first-order valence-electron chi connectivity index (χ1n) is 4.02. The standard InChI is InChI=1S/C10H6Br2ClN/c11-10(12)7-2-1-3-8-6(7)4-5-9(13)14-8/h1-5,10H. The molecule has 0 spiro atoms. The van der Waals surface area contributed by atoms with E-state index in [0.717, 1.165) is 16.5 Å². The molecule has 0 aliphatic rings. The van der Waals surface area contributed by atoms with Gasteiger partial charge in [-0.2, -0.15) is 0 Å². The maximum absolute atomic E-state index is 5.82. The van der Waals surface area contributed by atoms with Crippen molar-refractivity contribution in [2.75, 3.05) is 0 Å². The summed E-state index contributed by atoms with van der Waals surface area (Å²) in [5.41, 5.74) is 2.07. The van der Waals surface area contributed by atoms with Crippen LogP contribution in [0.4, 0.5) is 0 Å². The van der Waals surface area contributed by atoms with E-state index in [2.05, 4.69) is 36.8 Å². The number of rotatable bonds is 1. The zero-order valence-electron chi connectivity index (χ0n) is 7.05. The Morgan fingerprint density at radius 2 is 1.93 bits per heavy atom. The summed E-state index contributed by atoms with van der Waals surface area (Å²) in [6.07, 6.45) is 0. The van der Waals surface area contributed by atoms with Crippen LogP contribution in [0.3, 0.4) is 0 Å². The lowest BCUT2D eigenvalue weighted by Gasteiger charge is -2.06. The molecule has 0 N–H and O–H groups in total. The quantitative estimate of drug-likeness (QED) is 0.545. The molecule has 4 heteroatoms. The molecule has 72 valence electrons. The van der Waals surface area contributed by atoms with Gasteiger partial charge in [-0.25, -0.2) is 4.98 Å². The molecule has 2 aromatic rings. The second-order valence-electron chi connectivity index (χ2n) is 2.85. The van der Waals surface area contributed by atoms with E-state index in [4.69, 9.17) is 11.6 Å². The highest BCUT2D eigenvalue weighted by molar-refractivity contribution is 9.24. The molecule has 0 unspecified atom stereocenters. The van der Waals surface area contributed by atoms with E-state index in [0.29, 0.717) is 5.15 Å². The minimum atomic E-state index is 0.140. The summed E-state index contributed by atoms with van der Waals surface area (Å²) in [7, 11) is 0. The van der Waals surface area contributed by atoms with E-state index in [-0.39, 0.29) is 3.74 Å². The molecule has 0 saturated heterocycles. The number of halogens is 3. The minimum Gasteiger partial charge on any atom is -0.236 e. The average Bonchev–Trinajstić information content (AvgIpc) is 2.16. The Morgan fingerprint density at radius 3 is 2.64 bits per heavy atom. The minimum absolute atomic E-state index is 0.140. The second kappa shape index (κ2) is 4.17. The van der Waals surface area contributed by atoms with Crippen molar-refractivity contribution in [1.82, 2.24) is 4.98 Å². The van der Waals surface area contributed by atoms with Crippen molar-refractivity contribution in [2.45, 2.75) is 3.74 Å². The Labute approximate surface area is 104 Å². The van der Waals surface area contributed by atoms with Crippen LogP contribution in [0.2, 0.25) is 5.15 Å². The van der Waals surface area contributed by atoms with Gasteiger partial charge in [-0.15, -0.1) is 0 Å². The van der Waals surface area contributed by atoms with Crippen LogP contribution < -0.4 is 0 Å². The molecular weight excluding hydrogens is 329 g/mol. The van der Waals surface area contributed by atoms with Crippen molar-refractivity contribution < 1.29 is 0 Å². The second-order valence-corrected chi connectivity index (χ2v) is 6.30. The van der Waals surface area contributed by atoms with Crippen molar-refractivity contribution >= 4 is 54.4 Å². The van der Waals surface area contributed by atoms with Crippen molar-refractivity contribution in [1.29, 1.82) is 0 Å². The molecule has 1 aromatic carbocycles. The lowest BCUT2D eigenvalue weighted by Crippen LogP contribution is -1.86. The van der Waals surface area contributed by atoms with Gasteiger partial charge >= 0.3 is 0 Å². The van der Waals surface area contributed by atoms with Crippen molar-refractivity contribution in [2.24, 2.45) is 0 Å². The van der Waals surface area contributed by atoms with Gasteiger partial charge in [-0.05, 0) is 23.8 Å². The van der Waals surface area contributed by atoms with Crippen LogP contribution in [-0.4, -0.2) is 4.98 Å². The maximum atomic E-state index is 5.82. The normalized spacial score (nSPS) is 11.1. The van der Waals surface area contributed by atoms with Gasteiger partial charge in [-0.1, -0.05) is 55.6 Å². The summed E-state index contributed by atoms with van der Waals surface area (Å²) in [4.78, 5) is 4.24. The van der Waals surface area contributed by atoms with E-state index < -0.39 is 0 Å². The molecular formula is C10H6Br2ClN. The summed E-state index contributed by atoms with van der Waals surface area (Å²) < 4.78 is 0.140. The zero-order valence-corrected chi connectivity index (χ0v) is 11.0. The van der Waals surface area contributed by atoms with Crippen LogP contribution in [0.1, 0.15) is 9.30 Å². The number of pyridine rings is 1. The number of nitrogens with zero attached hydrogens (tertiary/aromatic N) is 1. The fourth-order valence-corrected chi connectivity index (χ4v) is 2.30. The first-order valence-corrected chi connectivity index (χ1v) is 6.23. The smallest absolute Gasteiger partial charge is 0.129 e. The van der Waals surface area contributed by atoms with Crippen LogP contribution in [0, 0.1) is 0 Å². The maximum Gasteiger partial charge on any atom is 0.129 e. The van der Waals surface area contributed by atoms with Gasteiger partial charge in [0.1, 0.15) is 5.15 Å². The highest BCUT2D eigenvalue weighted by atomic mass is 79.9. The third-order valence-corrected chi connectivity index (χ3v) is 3.16. The van der Waals surface area contributed by atoms with Crippen LogP contribution >= 0.6 is 43.5 Å². The largest absolute Gasteiger partial charge is 0.236 e. The van der Waals surface area contributed by atoms with Gasteiger partial charge in [0, 0.05) is 5.39 Å². The van der Waals surface area contributed by atoms with Gasteiger partial charge in [-0.3, -0.25) is 0 Å². The first-order chi connectivity index (χ1) is 6.68. The lowest BCUT2D eigenvalue weighted by atomic mass is 10.1. The summed E-state index contributed by atoms with van der Waals surface area (Å²) in [6, 6.07) is 9.75. The van der Waals surface area contributed by atoms with E-state index in [1.807, 2.05) is 24.3 Å². The molecule has 0 aliphatic heterocycles. The molecule has 0 radical (unpaired) electrons. The number of alkyl halides is 2. The van der Waals surface area contributed by atoms with E-state index in [1.54, 1.807) is 6.07 Å². The Hall–Kier alpha value is -0.120. The summed E-state index contributed by atoms with van der Waals surface area (Å²) in [5.74, 6) is 0. The molecule has 0 saturated carbocycles. The molecule has 1 heterocycles. The molecule has 2 rings (SSSR count). The number of hydrogen-bond acceptors (Lipinski definition) is 1. The summed E-state index contributed by atoms with van der Waals surface area (Å²) in [5, 5.41) is 1.63. The van der Waals surface area contributed by atoms with Gasteiger partial charge in [0.15, 0.2) is 0 Å². The van der Waals surface area contributed by atoms with Crippen molar-refractivity contribution in [3.63, 3.8) is 0 Å². The van der Waals surface area contributed by atoms with Gasteiger partial charge in [0.2, 0.25) is 0 Å². The fourth-order valence-electron chi connectivity index (χ4n) is 1.34. The summed E-state index contributed by atoms with van der Waals surface area (Å²) >= 11 is 12.8. The van der Waals surface area contributed by atoms with Gasteiger partial charge in [0.25, 0.3) is 0 Å². The number of aromatic nitrogens is 1. The van der Waals surface area contributed by atoms with E-state index >= 15 is 0 Å². The molecule has 1 aromatic heterocycles. The predicted molar refractivity (Wildman–Crippen MR) is 67.3 cm³/mol. The van der Waals surface area contributed by atoms with Crippen LogP contribution in [0.15, 0.2) is 30.3 Å². The Morgan fingerprint density at radius 1 is 1.14 bits per heavy atom. The lowest BCUT2D eigenvalue weighted by molar-refractivity contribution is 1.38. The SMILES string of the molecule is Clc1ccc2c(C(Br)Br)cccc2n1. The molecule has 0 fully saturated rings. The number of benzene rings is 1. The van der Waals surface area contributed by atoms with Crippen LogP contribution in [0.5, 0.6) is 0 Å². The molecule has 14 heavy (non-hydrogen) atoms. The molecule has 0 amide bonds. The highest BCUT2D eigenvalue weighted by Gasteiger charge is 2.07. The molecule has 0 bridgehead atoms. The Bertz CT molecular complexity index is 471. The topological polar surface area (TPSA) is 12.9 Å². The van der Waals surface area contributed by atoms with Crippen LogP contribution in [0.25, 0.3) is 10.9 Å². The Kier molecular flexibility index (Phi) is 3.10. The molecule has 1 nitrogen and oxygen atoms in total. The van der Waals surface area contributed by atoms with Crippen LogP contribution in [-0.2, 0) is 0 Å². The first kappa shape index (κ1) is 10.4. The fraction of sp³-hybridized carbons (Fsp3) is 0.100. The summed E-state index contributed by atoms with van der Waals surface area (Å²) in [6.45, 7) is 0. The van der Waals surface area contributed by atoms with Crippen molar-refractivity contribution in [3.8, 4) is 0 Å². The zero-order chi connectivity index (χ0) is 10.1. The molecule has 0 atom stereocenters. The van der Waals surface area contributed by atoms with E-state index in [1.165, 1.54) is 0 Å². The van der Waals surface area contributed by atoms with E-state index in [9.17, 15) is 0 Å². The van der Waals surface area contributed by atoms with Gasteiger partial charge in [0.05, 0.1) is 9.25 Å². The highest BCUT2D eigenvalue weighted by Crippen LogP contribution is 2.34. The molecule has 0 aliphatic carbocycles. The third-order valence-electron chi connectivity index (χ3n) is 1.97. The monoisotopic (exact) mass is 333 g/mol. The predicted octanol–water partition coefficient (Wildman–Crippen LogP) is 4.68. The van der Waals surface area contributed by atoms with Gasteiger partial charge < -0.3 is 0 Å². The number of hydrogen-bond donors (Lipinski definition) is 0.